The molecule has 1 amide bonds. The van der Waals surface area contributed by atoms with Crippen LogP contribution in [0.5, 0.6) is 0 Å². The molecular weight excluding hydrogens is 194 g/mol. The molecule has 0 heterocycles. The predicted molar refractivity (Wildman–Crippen MR) is 57.4 cm³/mol. The van der Waals surface area contributed by atoms with Crippen LogP contribution in [0.15, 0.2) is 0 Å². The second-order valence-electron chi connectivity index (χ2n) is 4.10. The average molecular weight is 213 g/mol. The minimum atomic E-state index is -0.440. The van der Waals surface area contributed by atoms with Crippen molar-refractivity contribution < 1.29 is 14.4 Å². The summed E-state index contributed by atoms with van der Waals surface area (Å²) in [5.74, 6) is -0.238. The predicted octanol–water partition coefficient (Wildman–Crippen LogP) is 1.09. The molecule has 0 unspecified atom stereocenters. The van der Waals surface area contributed by atoms with Gasteiger partial charge in [-0.3, -0.25) is 9.59 Å². The van der Waals surface area contributed by atoms with E-state index in [1.165, 1.54) is 13.8 Å². The van der Waals surface area contributed by atoms with Gasteiger partial charge in [0.15, 0.2) is 5.78 Å². The second-order valence-corrected chi connectivity index (χ2v) is 4.10. The van der Waals surface area contributed by atoms with E-state index in [1.54, 1.807) is 0 Å². The van der Waals surface area contributed by atoms with Crippen molar-refractivity contribution in [3.63, 3.8) is 0 Å². The number of hydrogen-bond acceptors (Lipinski definition) is 3. The highest BCUT2D eigenvalue weighted by Gasteiger charge is 2.20. The van der Waals surface area contributed by atoms with Gasteiger partial charge in [0.2, 0.25) is 5.91 Å². The summed E-state index contributed by atoms with van der Waals surface area (Å²) in [4.78, 5) is 33.2. The first-order valence-electron chi connectivity index (χ1n) is 5.13. The molecule has 15 heavy (non-hydrogen) atoms. The summed E-state index contributed by atoms with van der Waals surface area (Å²) < 4.78 is 0. The van der Waals surface area contributed by atoms with Gasteiger partial charge >= 0.3 is 0 Å². The van der Waals surface area contributed by atoms with Crippen LogP contribution in [-0.4, -0.2) is 23.5 Å². The molecule has 4 heteroatoms. The number of nitrogens with one attached hydrogen (secondary N) is 1. The Morgan fingerprint density at radius 3 is 1.93 bits per heavy atom. The topological polar surface area (TPSA) is 63.2 Å². The van der Waals surface area contributed by atoms with Crippen LogP contribution in [0.1, 0.15) is 40.5 Å². The number of carbonyl (C=O) groups is 3. The normalized spacial score (nSPS) is 12.3. The Morgan fingerprint density at radius 2 is 1.60 bits per heavy atom. The van der Waals surface area contributed by atoms with Crippen LogP contribution in [0.25, 0.3) is 0 Å². The molecular formula is C11H19NO3. The number of rotatable bonds is 6. The summed E-state index contributed by atoms with van der Waals surface area (Å²) >= 11 is 0. The van der Waals surface area contributed by atoms with E-state index in [2.05, 4.69) is 5.32 Å². The molecule has 0 aliphatic heterocycles. The molecule has 1 atom stereocenters. The summed E-state index contributed by atoms with van der Waals surface area (Å²) in [5.41, 5.74) is 0. The smallest absolute Gasteiger partial charge is 0.221 e. The van der Waals surface area contributed by atoms with E-state index in [-0.39, 0.29) is 36.2 Å². The van der Waals surface area contributed by atoms with E-state index >= 15 is 0 Å². The Hall–Kier alpha value is -1.19. The molecule has 0 aromatic carbocycles. The molecule has 0 aliphatic rings. The van der Waals surface area contributed by atoms with Crippen molar-refractivity contribution >= 4 is 17.5 Å². The first-order valence-corrected chi connectivity index (χ1v) is 5.13. The fourth-order valence-electron chi connectivity index (χ4n) is 1.27. The molecule has 86 valence electrons. The largest absolute Gasteiger partial charge is 0.346 e. The number of amides is 1. The molecule has 0 spiro atoms. The first-order chi connectivity index (χ1) is 6.84. The van der Waals surface area contributed by atoms with Crippen molar-refractivity contribution in [2.75, 3.05) is 0 Å². The van der Waals surface area contributed by atoms with Gasteiger partial charge in [-0.1, -0.05) is 13.8 Å². The molecule has 0 aromatic heterocycles. The van der Waals surface area contributed by atoms with Gasteiger partial charge in [-0.05, 0) is 19.8 Å². The molecule has 0 saturated heterocycles. The number of Topliss-reactive ketones (excluding diaryl/α,β-unsaturated/α-hetero) is 2. The highest BCUT2D eigenvalue weighted by molar-refractivity contribution is 5.89. The van der Waals surface area contributed by atoms with Gasteiger partial charge in [0.05, 0.1) is 6.04 Å². The number of ketones is 2. The van der Waals surface area contributed by atoms with Gasteiger partial charge in [0.25, 0.3) is 0 Å². The highest BCUT2D eigenvalue weighted by atomic mass is 16.2. The van der Waals surface area contributed by atoms with E-state index in [0.717, 1.165) is 0 Å². The lowest BCUT2D eigenvalue weighted by atomic mass is 10.0. The van der Waals surface area contributed by atoms with Crippen molar-refractivity contribution in [1.29, 1.82) is 0 Å². The zero-order chi connectivity index (χ0) is 12.0. The third-order valence-electron chi connectivity index (χ3n) is 2.13. The van der Waals surface area contributed by atoms with Crippen LogP contribution in [0.4, 0.5) is 0 Å². The van der Waals surface area contributed by atoms with Crippen molar-refractivity contribution in [3.8, 4) is 0 Å². The maximum absolute atomic E-state index is 11.4. The van der Waals surface area contributed by atoms with Crippen molar-refractivity contribution in [1.82, 2.24) is 5.32 Å². The summed E-state index contributed by atoms with van der Waals surface area (Å²) in [6.07, 6.45) is 0.389. The van der Waals surface area contributed by atoms with Gasteiger partial charge < -0.3 is 10.1 Å². The van der Waals surface area contributed by atoms with Crippen LogP contribution in [0, 0.1) is 5.92 Å². The quantitative estimate of drug-likeness (QED) is 0.718. The van der Waals surface area contributed by atoms with E-state index in [4.69, 9.17) is 0 Å². The van der Waals surface area contributed by atoms with E-state index in [9.17, 15) is 14.4 Å². The minimum Gasteiger partial charge on any atom is -0.346 e. The Balaban J connectivity index is 4.12. The molecule has 0 bridgehead atoms. The van der Waals surface area contributed by atoms with E-state index in [1.807, 2.05) is 13.8 Å². The lowest BCUT2D eigenvalue weighted by molar-refractivity contribution is -0.128. The number of hydrogen-bond donors (Lipinski definition) is 1. The second kappa shape index (κ2) is 6.32. The fourth-order valence-corrected chi connectivity index (χ4v) is 1.27. The molecule has 0 saturated carbocycles. The third-order valence-corrected chi connectivity index (χ3v) is 2.13. The summed E-state index contributed by atoms with van der Waals surface area (Å²) in [6.45, 7) is 6.64. The molecule has 0 fully saturated rings. The Kier molecular flexibility index (Phi) is 5.82. The molecule has 0 radical (unpaired) electrons. The van der Waals surface area contributed by atoms with E-state index < -0.39 is 6.04 Å². The monoisotopic (exact) mass is 213 g/mol. The zero-order valence-electron chi connectivity index (χ0n) is 9.79. The van der Waals surface area contributed by atoms with E-state index in [0.29, 0.717) is 0 Å². The molecule has 1 N–H and O–H groups in total. The maximum atomic E-state index is 11.4. The van der Waals surface area contributed by atoms with Crippen LogP contribution >= 0.6 is 0 Å². The molecule has 0 aliphatic carbocycles. The minimum absolute atomic E-state index is 0.0194. The number of carbonyl (C=O) groups excluding carboxylic acids is 3. The summed E-state index contributed by atoms with van der Waals surface area (Å²) in [7, 11) is 0. The van der Waals surface area contributed by atoms with Gasteiger partial charge in [-0.2, -0.15) is 0 Å². The summed E-state index contributed by atoms with van der Waals surface area (Å²) in [5, 5.41) is 2.63. The maximum Gasteiger partial charge on any atom is 0.221 e. The Morgan fingerprint density at radius 1 is 1.07 bits per heavy atom. The van der Waals surface area contributed by atoms with Crippen molar-refractivity contribution in [2.24, 2.45) is 5.92 Å². The fraction of sp³-hybridized carbons (Fsp3) is 0.727. The molecule has 0 rings (SSSR count). The van der Waals surface area contributed by atoms with Gasteiger partial charge in [0.1, 0.15) is 5.78 Å². The van der Waals surface area contributed by atoms with Crippen molar-refractivity contribution in [3.05, 3.63) is 0 Å². The Labute approximate surface area is 90.4 Å². The van der Waals surface area contributed by atoms with Gasteiger partial charge in [0, 0.05) is 12.8 Å². The van der Waals surface area contributed by atoms with Gasteiger partial charge in [-0.25, -0.2) is 0 Å². The van der Waals surface area contributed by atoms with Crippen LogP contribution in [0.2, 0.25) is 0 Å². The first kappa shape index (κ1) is 13.8. The SMILES string of the molecule is CC(=O)CCC(=O)N[C@H](C(C)=O)C(C)C. The van der Waals surface area contributed by atoms with Crippen LogP contribution in [0.3, 0.4) is 0 Å². The Bertz CT molecular complexity index is 259. The summed E-state index contributed by atoms with van der Waals surface area (Å²) in [6, 6.07) is -0.440. The van der Waals surface area contributed by atoms with Crippen LogP contribution < -0.4 is 5.32 Å². The third kappa shape index (κ3) is 5.99. The highest BCUT2D eigenvalue weighted by Crippen LogP contribution is 2.03. The van der Waals surface area contributed by atoms with Gasteiger partial charge in [-0.15, -0.1) is 0 Å². The van der Waals surface area contributed by atoms with Crippen molar-refractivity contribution in [2.45, 2.75) is 46.6 Å². The molecule has 4 nitrogen and oxygen atoms in total. The average Bonchev–Trinajstić information content (AvgIpc) is 2.09. The van der Waals surface area contributed by atoms with Crippen LogP contribution in [-0.2, 0) is 14.4 Å². The standard InChI is InChI=1S/C11H19NO3/c1-7(2)11(9(4)14)12-10(15)6-5-8(3)13/h7,11H,5-6H2,1-4H3,(H,12,15)/t11-/m0/s1. The lowest BCUT2D eigenvalue weighted by Gasteiger charge is -2.19. The molecule has 0 aromatic rings. The lowest BCUT2D eigenvalue weighted by Crippen LogP contribution is -2.43. The zero-order valence-corrected chi connectivity index (χ0v) is 9.79.